The molecule has 1 heterocycles. The molecule has 8 nitrogen and oxygen atoms in total. The lowest BCUT2D eigenvalue weighted by molar-refractivity contribution is -0.138. The van der Waals surface area contributed by atoms with Crippen LogP contribution in [-0.2, 0) is 15.0 Å². The van der Waals surface area contributed by atoms with Gasteiger partial charge in [0.2, 0.25) is 0 Å². The van der Waals surface area contributed by atoms with E-state index in [1.54, 1.807) is 0 Å². The summed E-state index contributed by atoms with van der Waals surface area (Å²) in [6.07, 6.45) is 0.0717. The Hall–Kier alpha value is -0.740. The van der Waals surface area contributed by atoms with Crippen molar-refractivity contribution in [3.63, 3.8) is 0 Å². The van der Waals surface area contributed by atoms with Gasteiger partial charge in [-0.2, -0.15) is 12.7 Å². The Morgan fingerprint density at radius 2 is 1.94 bits per heavy atom. The maximum absolute atomic E-state index is 11.9. The van der Waals surface area contributed by atoms with Gasteiger partial charge in [0.05, 0.1) is 0 Å². The second kappa shape index (κ2) is 6.43. The number of carbonyl (C=O) groups is 1. The Morgan fingerprint density at radius 3 is 2.44 bits per heavy atom. The van der Waals surface area contributed by atoms with Gasteiger partial charge < -0.3 is 15.7 Å². The molecule has 1 rings (SSSR count). The minimum Gasteiger partial charge on any atom is -0.480 e. The molecule has 0 amide bonds. The normalized spacial score (nSPS) is 20.8. The number of hydrogen-bond donors (Lipinski definition) is 3. The monoisotopic (exact) mass is 280 g/mol. The number of rotatable bonds is 6. The first-order chi connectivity index (χ1) is 8.33. The maximum atomic E-state index is 11.9. The van der Waals surface area contributed by atoms with Crippen LogP contribution in [0.1, 0.15) is 6.42 Å². The first-order valence-electron chi connectivity index (χ1n) is 5.74. The third-order valence-electron chi connectivity index (χ3n) is 2.86. The largest absolute Gasteiger partial charge is 0.480 e. The fraction of sp³-hybridized carbons (Fsp3) is 0.889. The Morgan fingerprint density at radius 1 is 1.39 bits per heavy atom. The molecule has 0 aromatic heterocycles. The standard InChI is InChI=1S/C9H20N4O4S/c1-12-4-6-13(7-5-12)18(16,17)11-3-2-8(10)9(14)15/h8,11H,2-7,10H2,1H3,(H,14,15). The summed E-state index contributed by atoms with van der Waals surface area (Å²) in [5.41, 5.74) is 5.29. The van der Waals surface area contributed by atoms with Gasteiger partial charge in [0.1, 0.15) is 6.04 Å². The fourth-order valence-corrected chi connectivity index (χ4v) is 2.79. The third-order valence-corrected chi connectivity index (χ3v) is 4.47. The molecule has 0 spiro atoms. The van der Waals surface area contributed by atoms with Gasteiger partial charge in [-0.05, 0) is 13.5 Å². The molecule has 0 bridgehead atoms. The van der Waals surface area contributed by atoms with Gasteiger partial charge in [0.25, 0.3) is 10.2 Å². The van der Waals surface area contributed by atoms with Crippen molar-refractivity contribution in [1.82, 2.24) is 13.9 Å². The minimum absolute atomic E-state index is 0.0299. The Bertz CT molecular complexity index is 378. The predicted molar refractivity (Wildman–Crippen MR) is 66.2 cm³/mol. The number of aliphatic carboxylic acids is 1. The van der Waals surface area contributed by atoms with Crippen molar-refractivity contribution >= 4 is 16.2 Å². The average molecular weight is 280 g/mol. The topological polar surface area (TPSA) is 116 Å². The summed E-state index contributed by atoms with van der Waals surface area (Å²) < 4.78 is 27.4. The van der Waals surface area contributed by atoms with Crippen LogP contribution in [0.15, 0.2) is 0 Å². The zero-order valence-electron chi connectivity index (χ0n) is 10.4. The van der Waals surface area contributed by atoms with Crippen molar-refractivity contribution in [3.8, 4) is 0 Å². The lowest BCUT2D eigenvalue weighted by atomic mass is 10.2. The molecule has 0 aliphatic carbocycles. The SMILES string of the molecule is CN1CCN(S(=O)(=O)NCCC(N)C(=O)O)CC1. The van der Waals surface area contributed by atoms with Gasteiger partial charge in [-0.1, -0.05) is 0 Å². The van der Waals surface area contributed by atoms with Gasteiger partial charge >= 0.3 is 5.97 Å². The first-order valence-corrected chi connectivity index (χ1v) is 7.18. The van der Waals surface area contributed by atoms with E-state index < -0.39 is 22.2 Å². The van der Waals surface area contributed by atoms with Crippen molar-refractivity contribution in [2.24, 2.45) is 5.73 Å². The molecule has 1 unspecified atom stereocenters. The zero-order valence-corrected chi connectivity index (χ0v) is 11.2. The van der Waals surface area contributed by atoms with E-state index in [1.165, 1.54) is 4.31 Å². The number of hydrogen-bond acceptors (Lipinski definition) is 5. The lowest BCUT2D eigenvalue weighted by Crippen LogP contribution is -2.51. The number of nitrogens with two attached hydrogens (primary N) is 1. The smallest absolute Gasteiger partial charge is 0.320 e. The van der Waals surface area contributed by atoms with E-state index in [0.29, 0.717) is 26.2 Å². The molecule has 1 aliphatic heterocycles. The molecule has 18 heavy (non-hydrogen) atoms. The van der Waals surface area contributed by atoms with E-state index in [-0.39, 0.29) is 13.0 Å². The lowest BCUT2D eigenvalue weighted by Gasteiger charge is -2.31. The van der Waals surface area contributed by atoms with Crippen molar-refractivity contribution in [2.75, 3.05) is 39.8 Å². The van der Waals surface area contributed by atoms with E-state index in [9.17, 15) is 13.2 Å². The van der Waals surface area contributed by atoms with Crippen LogP contribution in [-0.4, -0.2) is 74.5 Å². The second-order valence-electron chi connectivity index (χ2n) is 4.34. The summed E-state index contributed by atoms with van der Waals surface area (Å²) in [4.78, 5) is 12.5. The summed E-state index contributed by atoms with van der Waals surface area (Å²) in [5.74, 6) is -1.13. The van der Waals surface area contributed by atoms with Crippen LogP contribution in [0.2, 0.25) is 0 Å². The van der Waals surface area contributed by atoms with Crippen LogP contribution >= 0.6 is 0 Å². The minimum atomic E-state index is -3.52. The number of nitrogens with one attached hydrogen (secondary N) is 1. The van der Waals surface area contributed by atoms with Gasteiger partial charge in [0, 0.05) is 32.7 Å². The summed E-state index contributed by atoms with van der Waals surface area (Å²) in [7, 11) is -1.59. The maximum Gasteiger partial charge on any atom is 0.320 e. The molecular weight excluding hydrogens is 260 g/mol. The van der Waals surface area contributed by atoms with Gasteiger partial charge in [-0.15, -0.1) is 0 Å². The van der Waals surface area contributed by atoms with Crippen LogP contribution < -0.4 is 10.5 Å². The molecule has 1 saturated heterocycles. The fourth-order valence-electron chi connectivity index (χ4n) is 1.59. The molecule has 0 aromatic carbocycles. The summed E-state index contributed by atoms with van der Waals surface area (Å²) in [6.45, 7) is 2.29. The highest BCUT2D eigenvalue weighted by Gasteiger charge is 2.25. The summed E-state index contributed by atoms with van der Waals surface area (Å²) in [6, 6.07) is -1.04. The molecule has 1 aliphatic rings. The van der Waals surface area contributed by atoms with Crippen LogP contribution in [0.25, 0.3) is 0 Å². The molecule has 0 aromatic rings. The molecule has 9 heteroatoms. The number of nitrogens with zero attached hydrogens (tertiary/aromatic N) is 2. The number of carboxylic acids is 1. The molecule has 1 fully saturated rings. The Kier molecular flexibility index (Phi) is 5.47. The van der Waals surface area contributed by atoms with Gasteiger partial charge in [-0.25, -0.2) is 4.72 Å². The number of likely N-dealkylation sites (N-methyl/N-ethyl adjacent to an activating group) is 1. The van der Waals surface area contributed by atoms with E-state index >= 15 is 0 Å². The van der Waals surface area contributed by atoms with Crippen molar-refractivity contribution < 1.29 is 18.3 Å². The molecule has 4 N–H and O–H groups in total. The average Bonchev–Trinajstić information content (AvgIpc) is 2.29. The molecule has 106 valence electrons. The Balaban J connectivity index is 2.38. The van der Waals surface area contributed by atoms with Gasteiger partial charge in [0.15, 0.2) is 0 Å². The second-order valence-corrected chi connectivity index (χ2v) is 6.09. The molecule has 0 radical (unpaired) electrons. The van der Waals surface area contributed by atoms with E-state index in [2.05, 4.69) is 4.72 Å². The predicted octanol–water partition coefficient (Wildman–Crippen LogP) is -2.13. The first kappa shape index (κ1) is 15.3. The molecular formula is C9H20N4O4S. The van der Waals surface area contributed by atoms with Crippen LogP contribution in [0.4, 0.5) is 0 Å². The highest BCUT2D eigenvalue weighted by atomic mass is 32.2. The highest BCUT2D eigenvalue weighted by Crippen LogP contribution is 2.04. The van der Waals surface area contributed by atoms with E-state index in [4.69, 9.17) is 10.8 Å². The van der Waals surface area contributed by atoms with E-state index in [1.807, 2.05) is 11.9 Å². The van der Waals surface area contributed by atoms with Gasteiger partial charge in [-0.3, -0.25) is 4.79 Å². The molecule has 0 saturated carbocycles. The molecule has 1 atom stereocenters. The summed E-state index contributed by atoms with van der Waals surface area (Å²) in [5, 5.41) is 8.57. The van der Waals surface area contributed by atoms with Crippen LogP contribution in [0.5, 0.6) is 0 Å². The highest BCUT2D eigenvalue weighted by molar-refractivity contribution is 7.87. The number of carboxylic acid groups (broad SMARTS) is 1. The quantitative estimate of drug-likeness (QED) is 0.512. The van der Waals surface area contributed by atoms with E-state index in [0.717, 1.165) is 0 Å². The summed E-state index contributed by atoms with van der Waals surface area (Å²) >= 11 is 0. The van der Waals surface area contributed by atoms with Crippen molar-refractivity contribution in [1.29, 1.82) is 0 Å². The number of piperazine rings is 1. The Labute approximate surface area is 107 Å². The van der Waals surface area contributed by atoms with Crippen LogP contribution in [0, 0.1) is 0 Å². The zero-order chi connectivity index (χ0) is 13.8. The van der Waals surface area contributed by atoms with Crippen LogP contribution in [0.3, 0.4) is 0 Å². The third kappa shape index (κ3) is 4.50. The van der Waals surface area contributed by atoms with Crippen molar-refractivity contribution in [2.45, 2.75) is 12.5 Å². The van der Waals surface area contributed by atoms with Crippen molar-refractivity contribution in [3.05, 3.63) is 0 Å².